The van der Waals surface area contributed by atoms with Crippen molar-refractivity contribution in [3.63, 3.8) is 0 Å². The zero-order valence-corrected chi connectivity index (χ0v) is 16.4. The van der Waals surface area contributed by atoms with E-state index in [1.807, 2.05) is 0 Å². The molecule has 0 radical (unpaired) electrons. The van der Waals surface area contributed by atoms with E-state index in [-0.39, 0.29) is 5.56 Å². The maximum Gasteiger partial charge on any atom is 0.267 e. The molecule has 3 aromatic rings. The third-order valence-electron chi connectivity index (χ3n) is 5.77. The number of ether oxygens (including phenoxy) is 1. The number of rotatable bonds is 7. The minimum Gasteiger partial charge on any atom is -0.493 e. The van der Waals surface area contributed by atoms with Crippen LogP contribution >= 0.6 is 0 Å². The summed E-state index contributed by atoms with van der Waals surface area (Å²) in [5, 5.41) is 11.7. The second kappa shape index (κ2) is 7.58. The van der Waals surface area contributed by atoms with E-state index < -0.39 is 42.8 Å². The van der Waals surface area contributed by atoms with Gasteiger partial charge in [0.15, 0.2) is 0 Å². The highest BCUT2D eigenvalue weighted by Gasteiger charge is 2.47. The average Bonchev–Trinajstić information content (AvgIpc) is 3.32. The summed E-state index contributed by atoms with van der Waals surface area (Å²) in [6.45, 7) is 0.667. The number of nitrogens with one attached hydrogen (secondary N) is 1. The van der Waals surface area contributed by atoms with Crippen LogP contribution in [0.4, 0.5) is 17.6 Å². The van der Waals surface area contributed by atoms with Crippen LogP contribution in [0.25, 0.3) is 10.9 Å². The van der Waals surface area contributed by atoms with Crippen molar-refractivity contribution in [1.29, 1.82) is 0 Å². The SMILES string of the molecule is CC(CF)(CC(O)(Cc1cc2ccncc2[nH]1)C(F)F)c1cc(F)cc2c1OCC2. The van der Waals surface area contributed by atoms with E-state index in [2.05, 4.69) is 9.97 Å². The minimum absolute atomic E-state index is 0.164. The molecular formula is C22H22F4N2O2. The third kappa shape index (κ3) is 3.64. The summed E-state index contributed by atoms with van der Waals surface area (Å²) in [5.74, 6) is -0.262. The zero-order chi connectivity index (χ0) is 21.5. The molecule has 30 heavy (non-hydrogen) atoms. The maximum absolute atomic E-state index is 14.3. The van der Waals surface area contributed by atoms with Crippen molar-refractivity contribution in [1.82, 2.24) is 9.97 Å². The molecule has 0 aliphatic carbocycles. The molecule has 2 unspecified atom stereocenters. The molecule has 3 heterocycles. The van der Waals surface area contributed by atoms with E-state index in [0.717, 1.165) is 11.5 Å². The lowest BCUT2D eigenvalue weighted by atomic mass is 9.72. The predicted octanol–water partition coefficient (Wildman–Crippen LogP) is 4.49. The summed E-state index contributed by atoms with van der Waals surface area (Å²) >= 11 is 0. The molecular weight excluding hydrogens is 400 g/mol. The largest absolute Gasteiger partial charge is 0.493 e. The standard InChI is InChI=1S/C22H22F4N2O2/c1-21(12-23,17-8-15(24)6-14-3-5-30-19(14)17)11-22(29,20(25)26)9-16-7-13-2-4-27-10-18(13)28-16/h2,4,6-8,10,20,28-29H,3,5,9,11-12H2,1H3. The Balaban J connectivity index is 1.70. The van der Waals surface area contributed by atoms with Gasteiger partial charge in [0, 0.05) is 46.7 Å². The molecule has 160 valence electrons. The second-order valence-electron chi connectivity index (χ2n) is 8.25. The number of alkyl halides is 3. The number of halogens is 4. The van der Waals surface area contributed by atoms with E-state index in [9.17, 15) is 22.7 Å². The molecule has 2 atom stereocenters. The molecule has 4 rings (SSSR count). The van der Waals surface area contributed by atoms with Gasteiger partial charge >= 0.3 is 0 Å². The highest BCUT2D eigenvalue weighted by atomic mass is 19.3. The molecule has 0 spiro atoms. The number of aromatic nitrogens is 2. The fraction of sp³-hybridized carbons (Fsp3) is 0.409. The van der Waals surface area contributed by atoms with Gasteiger partial charge in [0.1, 0.15) is 17.2 Å². The van der Waals surface area contributed by atoms with Crippen LogP contribution in [-0.4, -0.2) is 40.4 Å². The lowest BCUT2D eigenvalue weighted by Crippen LogP contribution is -2.46. The van der Waals surface area contributed by atoms with Gasteiger partial charge in [-0.3, -0.25) is 9.37 Å². The van der Waals surface area contributed by atoms with E-state index in [4.69, 9.17) is 4.74 Å². The number of pyridine rings is 1. The number of H-pyrrole nitrogens is 1. The van der Waals surface area contributed by atoms with E-state index in [1.54, 1.807) is 24.5 Å². The Morgan fingerprint density at radius 2 is 2.10 bits per heavy atom. The van der Waals surface area contributed by atoms with Crippen molar-refractivity contribution in [2.45, 2.75) is 43.6 Å². The molecule has 1 aliphatic heterocycles. The van der Waals surface area contributed by atoms with Gasteiger partial charge in [-0.05, 0) is 30.7 Å². The van der Waals surface area contributed by atoms with Crippen LogP contribution in [0.15, 0.2) is 36.7 Å². The van der Waals surface area contributed by atoms with Crippen molar-refractivity contribution >= 4 is 10.9 Å². The fourth-order valence-electron chi connectivity index (χ4n) is 4.28. The summed E-state index contributed by atoms with van der Waals surface area (Å²) in [4.78, 5) is 6.94. The van der Waals surface area contributed by atoms with Gasteiger partial charge in [-0.25, -0.2) is 13.2 Å². The normalized spacial score (nSPS) is 17.6. The van der Waals surface area contributed by atoms with E-state index in [1.165, 1.54) is 13.0 Å². The number of benzene rings is 1. The van der Waals surface area contributed by atoms with Crippen molar-refractivity contribution in [2.24, 2.45) is 0 Å². The van der Waals surface area contributed by atoms with Crippen LogP contribution in [-0.2, 0) is 18.3 Å². The molecule has 0 amide bonds. The second-order valence-corrected chi connectivity index (χ2v) is 8.25. The Morgan fingerprint density at radius 3 is 2.80 bits per heavy atom. The monoisotopic (exact) mass is 422 g/mol. The molecule has 0 saturated carbocycles. The van der Waals surface area contributed by atoms with Gasteiger partial charge in [-0.15, -0.1) is 0 Å². The van der Waals surface area contributed by atoms with E-state index in [0.29, 0.717) is 35.6 Å². The quantitative estimate of drug-likeness (QED) is 0.552. The Bertz CT molecular complexity index is 1040. The Hall–Kier alpha value is -2.61. The summed E-state index contributed by atoms with van der Waals surface area (Å²) in [5.41, 5.74) is -2.33. The first-order chi connectivity index (χ1) is 14.2. The van der Waals surface area contributed by atoms with E-state index >= 15 is 0 Å². The van der Waals surface area contributed by atoms with Crippen molar-refractivity contribution in [2.75, 3.05) is 13.3 Å². The molecule has 0 saturated heterocycles. The van der Waals surface area contributed by atoms with Gasteiger partial charge in [0.05, 0.1) is 25.0 Å². The van der Waals surface area contributed by atoms with Crippen LogP contribution < -0.4 is 4.74 Å². The number of fused-ring (bicyclic) bond motifs is 2. The fourth-order valence-corrected chi connectivity index (χ4v) is 4.28. The highest BCUT2D eigenvalue weighted by Crippen LogP contribution is 2.44. The van der Waals surface area contributed by atoms with Gasteiger partial charge < -0.3 is 14.8 Å². The number of aliphatic hydroxyl groups is 1. The van der Waals surface area contributed by atoms with Crippen LogP contribution in [0, 0.1) is 5.82 Å². The van der Waals surface area contributed by atoms with Crippen LogP contribution in [0.2, 0.25) is 0 Å². The van der Waals surface area contributed by atoms with Crippen LogP contribution in [0.1, 0.15) is 30.2 Å². The lowest BCUT2D eigenvalue weighted by molar-refractivity contribution is -0.113. The maximum atomic E-state index is 14.3. The smallest absolute Gasteiger partial charge is 0.267 e. The predicted molar refractivity (Wildman–Crippen MR) is 104 cm³/mol. The van der Waals surface area contributed by atoms with Crippen molar-refractivity contribution < 1.29 is 27.4 Å². The Morgan fingerprint density at radius 1 is 1.30 bits per heavy atom. The number of hydrogen-bond donors (Lipinski definition) is 2. The van der Waals surface area contributed by atoms with Gasteiger partial charge in [-0.1, -0.05) is 6.92 Å². The van der Waals surface area contributed by atoms with Gasteiger partial charge in [0.2, 0.25) is 0 Å². The number of aromatic amines is 1. The highest BCUT2D eigenvalue weighted by molar-refractivity contribution is 5.79. The Kier molecular flexibility index (Phi) is 5.22. The minimum atomic E-state index is -3.14. The molecule has 2 aromatic heterocycles. The zero-order valence-electron chi connectivity index (χ0n) is 16.4. The van der Waals surface area contributed by atoms with Crippen LogP contribution in [0.5, 0.6) is 5.75 Å². The van der Waals surface area contributed by atoms with Gasteiger partial charge in [0.25, 0.3) is 6.43 Å². The topological polar surface area (TPSA) is 58.1 Å². The summed E-state index contributed by atoms with van der Waals surface area (Å²) in [7, 11) is 0. The van der Waals surface area contributed by atoms with Crippen molar-refractivity contribution in [3.05, 3.63) is 59.3 Å². The number of hydrogen-bond acceptors (Lipinski definition) is 3. The summed E-state index contributed by atoms with van der Waals surface area (Å²) in [6, 6.07) is 5.79. The Labute approximate surface area is 170 Å². The van der Waals surface area contributed by atoms with Crippen molar-refractivity contribution in [3.8, 4) is 5.75 Å². The molecule has 0 fully saturated rings. The molecule has 1 aromatic carbocycles. The first kappa shape index (κ1) is 20.7. The third-order valence-corrected chi connectivity index (χ3v) is 5.77. The summed E-state index contributed by atoms with van der Waals surface area (Å²) in [6.07, 6.45) is -0.585. The molecule has 2 N–H and O–H groups in total. The first-order valence-corrected chi connectivity index (χ1v) is 9.68. The van der Waals surface area contributed by atoms with Gasteiger partial charge in [-0.2, -0.15) is 0 Å². The number of nitrogens with zero attached hydrogens (tertiary/aromatic N) is 1. The lowest BCUT2D eigenvalue weighted by Gasteiger charge is -2.37. The molecule has 4 nitrogen and oxygen atoms in total. The molecule has 8 heteroatoms. The summed E-state index contributed by atoms with van der Waals surface area (Å²) < 4.78 is 62.1. The average molecular weight is 422 g/mol. The molecule has 1 aliphatic rings. The first-order valence-electron chi connectivity index (χ1n) is 9.68. The molecule has 0 bridgehead atoms. The van der Waals surface area contributed by atoms with Crippen LogP contribution in [0.3, 0.4) is 0 Å².